The number of hydrogen-bond acceptors (Lipinski definition) is 8. The van der Waals surface area contributed by atoms with Gasteiger partial charge in [0.15, 0.2) is 0 Å². The van der Waals surface area contributed by atoms with E-state index in [9.17, 15) is 14.9 Å². The standard InChI is InChI=1S/C29H30N6O3/c1-28(2,3)38-27(37)35-17-29(16-30,18-35)25-19(5-4-11-31-25)6-8-22-10-12-32-26(33-22)34-23-9-7-20-14-24(36)15-21(20)13-23/h4-5,7,9-13H,6,8,14-15,17-18H2,1-3H3,(H,32,33,34). The molecule has 1 fully saturated rings. The Balaban J connectivity index is 1.26. The molecule has 0 radical (unpaired) electrons. The van der Waals surface area contributed by atoms with E-state index in [0.717, 1.165) is 28.1 Å². The number of nitriles is 1. The molecule has 9 nitrogen and oxygen atoms in total. The predicted molar refractivity (Wildman–Crippen MR) is 141 cm³/mol. The zero-order chi connectivity index (χ0) is 26.9. The number of aryl methyl sites for hydroxylation is 2. The maximum Gasteiger partial charge on any atom is 0.410 e. The van der Waals surface area contributed by atoms with Crippen molar-refractivity contribution in [2.75, 3.05) is 18.4 Å². The number of anilines is 2. The third-order valence-electron chi connectivity index (χ3n) is 6.73. The van der Waals surface area contributed by atoms with Crippen molar-refractivity contribution in [3.8, 4) is 6.07 Å². The fourth-order valence-electron chi connectivity index (χ4n) is 4.92. The average Bonchev–Trinajstić information content (AvgIpc) is 3.21. The number of hydrogen-bond donors (Lipinski definition) is 1. The normalized spacial score (nSPS) is 15.8. The van der Waals surface area contributed by atoms with Crippen LogP contribution >= 0.6 is 0 Å². The Labute approximate surface area is 221 Å². The quantitative estimate of drug-likeness (QED) is 0.527. The lowest BCUT2D eigenvalue weighted by Gasteiger charge is -2.45. The lowest BCUT2D eigenvalue weighted by atomic mass is 9.75. The second-order valence-corrected chi connectivity index (χ2v) is 10.9. The first-order valence-electron chi connectivity index (χ1n) is 12.7. The fraction of sp³-hybridized carbons (Fsp3) is 0.379. The number of carbonyl (C=O) groups is 2. The molecular weight excluding hydrogens is 480 g/mol. The highest BCUT2D eigenvalue weighted by Gasteiger charge is 2.50. The molecule has 0 bridgehead atoms. The molecule has 194 valence electrons. The lowest BCUT2D eigenvalue weighted by Crippen LogP contribution is -2.61. The molecule has 1 N–H and O–H groups in total. The second-order valence-electron chi connectivity index (χ2n) is 10.9. The summed E-state index contributed by atoms with van der Waals surface area (Å²) < 4.78 is 5.45. The number of pyridine rings is 1. The molecule has 1 saturated heterocycles. The summed E-state index contributed by atoms with van der Waals surface area (Å²) in [7, 11) is 0. The van der Waals surface area contributed by atoms with E-state index in [1.165, 1.54) is 0 Å². The van der Waals surface area contributed by atoms with Crippen molar-refractivity contribution in [3.05, 3.63) is 76.9 Å². The first kappa shape index (κ1) is 25.3. The minimum atomic E-state index is -0.860. The smallest absolute Gasteiger partial charge is 0.410 e. The topological polar surface area (TPSA) is 121 Å². The van der Waals surface area contributed by atoms with E-state index in [4.69, 9.17) is 4.74 Å². The molecule has 2 aliphatic rings. The molecule has 1 aromatic carbocycles. The van der Waals surface area contributed by atoms with Gasteiger partial charge in [0.05, 0.1) is 24.9 Å². The number of ketones is 1. The van der Waals surface area contributed by atoms with Crippen LogP contribution in [0.3, 0.4) is 0 Å². The van der Waals surface area contributed by atoms with Gasteiger partial charge in [-0.1, -0.05) is 12.1 Å². The molecule has 2 aromatic heterocycles. The summed E-state index contributed by atoms with van der Waals surface area (Å²) in [5, 5.41) is 13.3. The van der Waals surface area contributed by atoms with Crippen LogP contribution in [0.5, 0.6) is 0 Å². The van der Waals surface area contributed by atoms with Crippen LogP contribution in [0.1, 0.15) is 48.8 Å². The average molecular weight is 511 g/mol. The van der Waals surface area contributed by atoms with E-state index in [2.05, 4.69) is 26.3 Å². The maximum absolute atomic E-state index is 12.4. The Morgan fingerprint density at radius 2 is 1.89 bits per heavy atom. The highest BCUT2D eigenvalue weighted by atomic mass is 16.6. The maximum atomic E-state index is 12.4. The molecule has 9 heteroatoms. The third-order valence-corrected chi connectivity index (χ3v) is 6.73. The van der Waals surface area contributed by atoms with Crippen LogP contribution in [-0.4, -0.2) is 50.4 Å². The summed E-state index contributed by atoms with van der Waals surface area (Å²) in [5.74, 6) is 0.724. The number of aromatic nitrogens is 3. The van der Waals surface area contributed by atoms with Crippen LogP contribution in [0.4, 0.5) is 16.4 Å². The zero-order valence-corrected chi connectivity index (χ0v) is 21.8. The van der Waals surface area contributed by atoms with Gasteiger partial charge in [0.1, 0.15) is 16.8 Å². The van der Waals surface area contributed by atoms with Gasteiger partial charge in [0, 0.05) is 36.6 Å². The van der Waals surface area contributed by atoms with Gasteiger partial charge < -0.3 is 15.0 Å². The van der Waals surface area contributed by atoms with Crippen molar-refractivity contribution < 1.29 is 14.3 Å². The molecule has 1 amide bonds. The van der Waals surface area contributed by atoms with Gasteiger partial charge in [0.2, 0.25) is 5.95 Å². The first-order valence-corrected chi connectivity index (χ1v) is 12.7. The van der Waals surface area contributed by atoms with E-state index in [0.29, 0.717) is 37.3 Å². The Morgan fingerprint density at radius 1 is 1.11 bits per heavy atom. The molecule has 38 heavy (non-hydrogen) atoms. The number of amides is 1. The lowest BCUT2D eigenvalue weighted by molar-refractivity contribution is -0.117. The Morgan fingerprint density at radius 3 is 2.66 bits per heavy atom. The Bertz CT molecular complexity index is 1430. The number of benzene rings is 1. The molecule has 0 saturated carbocycles. The molecule has 0 atom stereocenters. The van der Waals surface area contributed by atoms with Crippen molar-refractivity contribution in [2.45, 2.75) is 57.5 Å². The summed E-state index contributed by atoms with van der Waals surface area (Å²) in [6, 6.07) is 14.0. The van der Waals surface area contributed by atoms with Gasteiger partial charge in [0.25, 0.3) is 0 Å². The van der Waals surface area contributed by atoms with Crippen molar-refractivity contribution in [2.24, 2.45) is 0 Å². The Kier molecular flexibility index (Phi) is 6.57. The van der Waals surface area contributed by atoms with E-state index in [-0.39, 0.29) is 18.9 Å². The number of Topliss-reactive ketones (excluding diaryl/α,β-unsaturated/α-hetero) is 1. The molecule has 3 heterocycles. The van der Waals surface area contributed by atoms with E-state index in [1.54, 1.807) is 17.3 Å². The number of rotatable bonds is 6. The van der Waals surface area contributed by atoms with E-state index < -0.39 is 17.1 Å². The molecule has 0 spiro atoms. The first-order chi connectivity index (χ1) is 18.1. The van der Waals surface area contributed by atoms with Crippen LogP contribution in [0, 0.1) is 11.3 Å². The summed E-state index contributed by atoms with van der Waals surface area (Å²) in [4.78, 5) is 39.3. The van der Waals surface area contributed by atoms with Crippen molar-refractivity contribution >= 4 is 23.5 Å². The molecule has 0 unspecified atom stereocenters. The van der Waals surface area contributed by atoms with Crippen LogP contribution in [0.25, 0.3) is 0 Å². The van der Waals surface area contributed by atoms with Crippen LogP contribution in [-0.2, 0) is 40.6 Å². The number of nitrogens with one attached hydrogen (secondary N) is 1. The number of carbonyl (C=O) groups excluding carboxylic acids is 2. The minimum Gasteiger partial charge on any atom is -0.444 e. The fourth-order valence-corrected chi connectivity index (χ4v) is 4.92. The summed E-state index contributed by atoms with van der Waals surface area (Å²) in [6.07, 6.45) is 5.22. The third kappa shape index (κ3) is 5.35. The molecular formula is C29H30N6O3. The van der Waals surface area contributed by atoms with Gasteiger partial charge in [-0.05, 0) is 74.6 Å². The molecule has 1 aliphatic heterocycles. The second kappa shape index (κ2) is 9.86. The van der Waals surface area contributed by atoms with Crippen LogP contribution < -0.4 is 5.32 Å². The minimum absolute atomic E-state index is 0.239. The summed E-state index contributed by atoms with van der Waals surface area (Å²) in [6.45, 7) is 5.95. The Hall–Kier alpha value is -4.32. The number of fused-ring (bicyclic) bond motifs is 1. The van der Waals surface area contributed by atoms with E-state index >= 15 is 0 Å². The van der Waals surface area contributed by atoms with E-state index in [1.807, 2.05) is 57.2 Å². The zero-order valence-electron chi connectivity index (χ0n) is 21.8. The molecule has 3 aromatic rings. The highest BCUT2D eigenvalue weighted by molar-refractivity contribution is 5.88. The largest absolute Gasteiger partial charge is 0.444 e. The van der Waals surface area contributed by atoms with Crippen molar-refractivity contribution in [1.82, 2.24) is 19.9 Å². The van der Waals surface area contributed by atoms with Crippen molar-refractivity contribution in [1.29, 1.82) is 5.26 Å². The number of ether oxygens (including phenoxy) is 1. The van der Waals surface area contributed by atoms with Gasteiger partial charge in [-0.2, -0.15) is 5.26 Å². The predicted octanol–water partition coefficient (Wildman–Crippen LogP) is 4.08. The SMILES string of the molecule is CC(C)(C)OC(=O)N1CC(C#N)(c2ncccc2CCc2ccnc(Nc3ccc4c(c3)CC(=O)C4)n2)C1. The van der Waals surface area contributed by atoms with Gasteiger partial charge in [-0.3, -0.25) is 9.78 Å². The molecule has 5 rings (SSSR count). The monoisotopic (exact) mass is 510 g/mol. The number of nitrogens with zero attached hydrogens (tertiary/aromatic N) is 5. The summed E-state index contributed by atoms with van der Waals surface area (Å²) in [5.41, 5.74) is 4.02. The summed E-state index contributed by atoms with van der Waals surface area (Å²) >= 11 is 0. The molecule has 1 aliphatic carbocycles. The number of likely N-dealkylation sites (tertiary alicyclic amines) is 1. The van der Waals surface area contributed by atoms with Crippen LogP contribution in [0.15, 0.2) is 48.8 Å². The van der Waals surface area contributed by atoms with Crippen LogP contribution in [0.2, 0.25) is 0 Å². The van der Waals surface area contributed by atoms with Gasteiger partial charge in [-0.25, -0.2) is 14.8 Å². The van der Waals surface area contributed by atoms with Crippen molar-refractivity contribution in [3.63, 3.8) is 0 Å². The van der Waals surface area contributed by atoms with Gasteiger partial charge >= 0.3 is 6.09 Å². The highest BCUT2D eigenvalue weighted by Crippen LogP contribution is 2.36. The van der Waals surface area contributed by atoms with Gasteiger partial charge in [-0.15, -0.1) is 0 Å².